The molecular weight excluding hydrogens is 274 g/mol. The molecule has 0 aliphatic carbocycles. The molecule has 0 saturated heterocycles. The molecule has 1 rings (SSSR count). The van der Waals surface area contributed by atoms with E-state index in [9.17, 15) is 9.90 Å². The number of aliphatic hydroxyl groups is 1. The lowest BCUT2D eigenvalue weighted by Crippen LogP contribution is -2.24. The number of rotatable bonds is 5. The Labute approximate surface area is 102 Å². The second kappa shape index (κ2) is 6.50. The SMILES string of the molecule is O=C(NCCCCO)c1cc(Br)ccc1O. The first-order chi connectivity index (χ1) is 7.65. The predicted molar refractivity (Wildman–Crippen MR) is 64.5 cm³/mol. The zero-order valence-corrected chi connectivity index (χ0v) is 10.3. The summed E-state index contributed by atoms with van der Waals surface area (Å²) >= 11 is 3.23. The number of nitrogens with one attached hydrogen (secondary N) is 1. The van der Waals surface area contributed by atoms with Crippen molar-refractivity contribution in [1.29, 1.82) is 0 Å². The van der Waals surface area contributed by atoms with Gasteiger partial charge in [-0.25, -0.2) is 0 Å². The summed E-state index contributed by atoms with van der Waals surface area (Å²) in [5.41, 5.74) is 0.248. The lowest BCUT2D eigenvalue weighted by Gasteiger charge is -2.06. The Hall–Kier alpha value is -1.07. The maximum Gasteiger partial charge on any atom is 0.255 e. The number of unbranched alkanes of at least 4 members (excludes halogenated alkanes) is 1. The molecule has 3 N–H and O–H groups in total. The first-order valence-electron chi connectivity index (χ1n) is 5.02. The van der Waals surface area contributed by atoms with Crippen molar-refractivity contribution in [1.82, 2.24) is 5.32 Å². The van der Waals surface area contributed by atoms with Crippen LogP contribution in [0.2, 0.25) is 0 Å². The van der Waals surface area contributed by atoms with E-state index in [0.29, 0.717) is 13.0 Å². The smallest absolute Gasteiger partial charge is 0.255 e. The molecule has 0 fully saturated rings. The Morgan fingerprint density at radius 2 is 2.12 bits per heavy atom. The first kappa shape index (κ1) is 13.0. The molecular formula is C11H14BrNO3. The largest absolute Gasteiger partial charge is 0.507 e. The lowest BCUT2D eigenvalue weighted by atomic mass is 10.2. The summed E-state index contributed by atoms with van der Waals surface area (Å²) in [6.45, 7) is 0.614. The Morgan fingerprint density at radius 3 is 2.81 bits per heavy atom. The highest BCUT2D eigenvalue weighted by molar-refractivity contribution is 9.10. The number of halogens is 1. The van der Waals surface area contributed by atoms with Crippen molar-refractivity contribution in [3.8, 4) is 5.75 Å². The average Bonchev–Trinajstić information content (AvgIpc) is 2.27. The van der Waals surface area contributed by atoms with Gasteiger partial charge in [-0.15, -0.1) is 0 Å². The molecule has 0 unspecified atom stereocenters. The Bertz CT molecular complexity index is 368. The van der Waals surface area contributed by atoms with Gasteiger partial charge in [-0.1, -0.05) is 15.9 Å². The highest BCUT2D eigenvalue weighted by Gasteiger charge is 2.10. The van der Waals surface area contributed by atoms with Crippen LogP contribution < -0.4 is 5.32 Å². The van der Waals surface area contributed by atoms with Crippen molar-refractivity contribution in [2.24, 2.45) is 0 Å². The number of amides is 1. The molecule has 0 aliphatic rings. The van der Waals surface area contributed by atoms with Crippen molar-refractivity contribution in [3.63, 3.8) is 0 Å². The van der Waals surface area contributed by atoms with Crippen LogP contribution in [0.4, 0.5) is 0 Å². The van der Waals surface area contributed by atoms with Crippen molar-refractivity contribution in [3.05, 3.63) is 28.2 Å². The molecule has 1 aromatic carbocycles. The fraction of sp³-hybridized carbons (Fsp3) is 0.364. The maximum absolute atomic E-state index is 11.6. The summed E-state index contributed by atoms with van der Waals surface area (Å²) in [5.74, 6) is -0.348. The highest BCUT2D eigenvalue weighted by Crippen LogP contribution is 2.21. The molecule has 0 atom stereocenters. The van der Waals surface area contributed by atoms with E-state index in [0.717, 1.165) is 10.9 Å². The van der Waals surface area contributed by atoms with Crippen molar-refractivity contribution >= 4 is 21.8 Å². The van der Waals surface area contributed by atoms with Crippen LogP contribution in [0.5, 0.6) is 5.75 Å². The fourth-order valence-corrected chi connectivity index (χ4v) is 1.59. The van der Waals surface area contributed by atoms with Crippen LogP contribution >= 0.6 is 15.9 Å². The van der Waals surface area contributed by atoms with Crippen LogP contribution in [0.25, 0.3) is 0 Å². The first-order valence-corrected chi connectivity index (χ1v) is 5.82. The fourth-order valence-electron chi connectivity index (χ4n) is 1.22. The molecule has 88 valence electrons. The number of hydrogen-bond acceptors (Lipinski definition) is 3. The van der Waals surface area contributed by atoms with Crippen molar-refractivity contribution in [2.75, 3.05) is 13.2 Å². The van der Waals surface area contributed by atoms with E-state index in [1.54, 1.807) is 12.1 Å². The number of benzene rings is 1. The lowest BCUT2D eigenvalue weighted by molar-refractivity contribution is 0.0949. The predicted octanol–water partition coefficient (Wildman–Crippen LogP) is 1.66. The normalized spacial score (nSPS) is 10.1. The zero-order valence-electron chi connectivity index (χ0n) is 8.74. The molecule has 0 spiro atoms. The number of phenols is 1. The third-order valence-electron chi connectivity index (χ3n) is 2.07. The third-order valence-corrected chi connectivity index (χ3v) is 2.57. The maximum atomic E-state index is 11.6. The van der Waals surface area contributed by atoms with E-state index >= 15 is 0 Å². The second-order valence-electron chi connectivity index (χ2n) is 3.35. The van der Waals surface area contributed by atoms with E-state index in [-0.39, 0.29) is 23.8 Å². The third kappa shape index (κ3) is 3.83. The van der Waals surface area contributed by atoms with Gasteiger partial charge in [0.05, 0.1) is 5.56 Å². The number of phenolic OH excluding ortho intramolecular Hbond substituents is 1. The number of aliphatic hydroxyl groups excluding tert-OH is 1. The standard InChI is InChI=1S/C11H14BrNO3/c12-8-3-4-10(15)9(7-8)11(16)13-5-1-2-6-14/h3-4,7,14-15H,1-2,5-6H2,(H,13,16). The number of carbonyl (C=O) groups is 1. The van der Waals surface area contributed by atoms with Crippen molar-refractivity contribution < 1.29 is 15.0 Å². The second-order valence-corrected chi connectivity index (χ2v) is 4.26. The summed E-state index contributed by atoms with van der Waals surface area (Å²) in [6.07, 6.45) is 1.38. The molecule has 0 saturated carbocycles. The van der Waals surface area contributed by atoms with Gasteiger partial charge in [0.1, 0.15) is 5.75 Å². The van der Waals surface area contributed by atoms with Crippen LogP contribution in [0, 0.1) is 0 Å². The van der Waals surface area contributed by atoms with E-state index in [1.807, 2.05) is 0 Å². The molecule has 0 bridgehead atoms. The molecule has 0 heterocycles. The molecule has 0 aromatic heterocycles. The molecule has 16 heavy (non-hydrogen) atoms. The highest BCUT2D eigenvalue weighted by atomic mass is 79.9. The Morgan fingerprint density at radius 1 is 1.38 bits per heavy atom. The van der Waals surface area contributed by atoms with Gasteiger partial charge in [0.15, 0.2) is 0 Å². The summed E-state index contributed by atoms with van der Waals surface area (Å²) in [4.78, 5) is 11.6. The molecule has 1 aromatic rings. The summed E-state index contributed by atoms with van der Waals surface area (Å²) < 4.78 is 0.741. The van der Waals surface area contributed by atoms with Crippen LogP contribution in [0.1, 0.15) is 23.2 Å². The zero-order chi connectivity index (χ0) is 12.0. The van der Waals surface area contributed by atoms with Gasteiger partial charge < -0.3 is 15.5 Å². The number of aromatic hydroxyl groups is 1. The minimum atomic E-state index is -0.309. The van der Waals surface area contributed by atoms with E-state index in [4.69, 9.17) is 5.11 Å². The van der Waals surface area contributed by atoms with Crippen LogP contribution in [0.3, 0.4) is 0 Å². The van der Waals surface area contributed by atoms with Crippen LogP contribution in [-0.4, -0.2) is 29.3 Å². The summed E-state index contributed by atoms with van der Waals surface area (Å²) in [5, 5.41) is 20.7. The van der Waals surface area contributed by atoms with Crippen molar-refractivity contribution in [2.45, 2.75) is 12.8 Å². The van der Waals surface area contributed by atoms with E-state index < -0.39 is 0 Å². The molecule has 5 heteroatoms. The Kier molecular flexibility index (Phi) is 5.28. The van der Waals surface area contributed by atoms with E-state index in [2.05, 4.69) is 21.2 Å². The topological polar surface area (TPSA) is 69.6 Å². The number of hydrogen-bond donors (Lipinski definition) is 3. The van der Waals surface area contributed by atoms with Gasteiger partial charge in [0.25, 0.3) is 5.91 Å². The van der Waals surface area contributed by atoms with Gasteiger partial charge in [-0.05, 0) is 31.0 Å². The van der Waals surface area contributed by atoms with Gasteiger partial charge >= 0.3 is 0 Å². The van der Waals surface area contributed by atoms with Gasteiger partial charge in [0.2, 0.25) is 0 Å². The van der Waals surface area contributed by atoms with Gasteiger partial charge in [-0.2, -0.15) is 0 Å². The number of carbonyl (C=O) groups excluding carboxylic acids is 1. The minimum absolute atomic E-state index is 0.0390. The quantitative estimate of drug-likeness (QED) is 0.722. The van der Waals surface area contributed by atoms with Crippen LogP contribution in [-0.2, 0) is 0 Å². The molecule has 4 nitrogen and oxygen atoms in total. The van der Waals surface area contributed by atoms with Gasteiger partial charge in [-0.3, -0.25) is 4.79 Å². The van der Waals surface area contributed by atoms with Gasteiger partial charge in [0, 0.05) is 17.6 Å². The van der Waals surface area contributed by atoms with E-state index in [1.165, 1.54) is 6.07 Å². The summed E-state index contributed by atoms with van der Waals surface area (Å²) in [7, 11) is 0. The minimum Gasteiger partial charge on any atom is -0.507 e. The molecule has 0 radical (unpaired) electrons. The summed E-state index contributed by atoms with van der Waals surface area (Å²) in [6, 6.07) is 4.70. The molecule has 0 aliphatic heterocycles. The average molecular weight is 288 g/mol. The van der Waals surface area contributed by atoms with Crippen LogP contribution in [0.15, 0.2) is 22.7 Å². The molecule has 1 amide bonds. The monoisotopic (exact) mass is 287 g/mol. The Balaban J connectivity index is 2.55.